The van der Waals surface area contributed by atoms with E-state index in [2.05, 4.69) is 0 Å². The highest BCUT2D eigenvalue weighted by Gasteiger charge is 2.24. The van der Waals surface area contributed by atoms with Crippen LogP contribution in [-0.4, -0.2) is 31.6 Å². The number of carboxylic acids is 1. The average molecular weight is 293 g/mol. The van der Waals surface area contributed by atoms with Gasteiger partial charge < -0.3 is 15.0 Å². The van der Waals surface area contributed by atoms with Gasteiger partial charge in [0, 0.05) is 5.02 Å². The molecule has 1 rings (SSSR count). The lowest BCUT2D eigenvalue weighted by atomic mass is 10.2. The van der Waals surface area contributed by atoms with Crippen molar-refractivity contribution in [3.05, 3.63) is 29.3 Å². The fourth-order valence-electron chi connectivity index (χ4n) is 1.19. The van der Waals surface area contributed by atoms with Crippen LogP contribution in [0, 0.1) is 0 Å². The molecule has 0 aromatic heterocycles. The van der Waals surface area contributed by atoms with E-state index in [-0.39, 0.29) is 4.90 Å². The Labute approximate surface area is 109 Å². The van der Waals surface area contributed by atoms with E-state index in [1.54, 1.807) is 0 Å². The molecule has 100 valence electrons. The Kier molecular flexibility index (Phi) is 4.69. The van der Waals surface area contributed by atoms with Crippen molar-refractivity contribution in [3.63, 3.8) is 0 Å². The molecule has 0 saturated heterocycles. The van der Waals surface area contributed by atoms with E-state index >= 15 is 0 Å². The number of hydrogen-bond acceptors (Lipinski definition) is 5. The molecular formula is C10H11ClNO5S-. The van der Waals surface area contributed by atoms with E-state index in [1.165, 1.54) is 24.3 Å². The van der Waals surface area contributed by atoms with E-state index in [0.717, 1.165) is 6.92 Å². The van der Waals surface area contributed by atoms with Crippen LogP contribution in [0.2, 0.25) is 5.02 Å². The molecular weight excluding hydrogens is 282 g/mol. The van der Waals surface area contributed by atoms with E-state index < -0.39 is 28.1 Å². The largest absolute Gasteiger partial charge is 0.548 e. The predicted octanol–water partition coefficient (Wildman–Crippen LogP) is -0.882. The van der Waals surface area contributed by atoms with Crippen LogP contribution < -0.4 is 9.83 Å². The maximum Gasteiger partial charge on any atom is 0.241 e. The number of carbonyl (C=O) groups is 1. The lowest BCUT2D eigenvalue weighted by Gasteiger charge is -2.22. The van der Waals surface area contributed by atoms with E-state index in [9.17, 15) is 18.3 Å². The number of hydrogen-bond donors (Lipinski definition) is 2. The Balaban J connectivity index is 3.01. The van der Waals surface area contributed by atoms with Crippen molar-refractivity contribution in [2.24, 2.45) is 0 Å². The van der Waals surface area contributed by atoms with E-state index in [0.29, 0.717) is 5.02 Å². The maximum absolute atomic E-state index is 11.8. The zero-order valence-electron chi connectivity index (χ0n) is 9.33. The summed E-state index contributed by atoms with van der Waals surface area (Å²) in [7, 11) is -4.06. The molecule has 0 aliphatic rings. The summed E-state index contributed by atoms with van der Waals surface area (Å²) >= 11 is 5.61. The molecule has 6 nitrogen and oxygen atoms in total. The summed E-state index contributed by atoms with van der Waals surface area (Å²) in [5.41, 5.74) is 0. The molecule has 1 aromatic rings. The van der Waals surface area contributed by atoms with Crippen LogP contribution in [0.25, 0.3) is 0 Å². The summed E-state index contributed by atoms with van der Waals surface area (Å²) < 4.78 is 25.5. The molecule has 0 fully saturated rings. The Morgan fingerprint density at radius 1 is 1.39 bits per heavy atom. The maximum atomic E-state index is 11.8. The first-order valence-electron chi connectivity index (χ1n) is 4.91. The molecule has 18 heavy (non-hydrogen) atoms. The fourth-order valence-corrected chi connectivity index (χ4v) is 2.58. The van der Waals surface area contributed by atoms with Gasteiger partial charge in [0.15, 0.2) is 0 Å². The van der Waals surface area contributed by atoms with E-state index in [1.807, 2.05) is 4.72 Å². The Bertz CT molecular complexity index is 526. The third-order valence-corrected chi connectivity index (χ3v) is 3.85. The number of aliphatic hydroxyl groups excluding tert-OH is 1. The number of carboxylic acid groups (broad SMARTS) is 1. The number of aliphatic carboxylic acids is 1. The third kappa shape index (κ3) is 3.67. The van der Waals surface area contributed by atoms with Gasteiger partial charge >= 0.3 is 0 Å². The number of nitrogens with one attached hydrogen (secondary N) is 1. The summed E-state index contributed by atoms with van der Waals surface area (Å²) in [5.74, 6) is -1.71. The number of rotatable bonds is 5. The smallest absolute Gasteiger partial charge is 0.241 e. The summed E-state index contributed by atoms with van der Waals surface area (Å²) in [4.78, 5) is 10.5. The molecule has 2 N–H and O–H groups in total. The molecule has 0 unspecified atom stereocenters. The predicted molar refractivity (Wildman–Crippen MR) is 62.2 cm³/mol. The Hall–Kier alpha value is -1.15. The first kappa shape index (κ1) is 14.9. The van der Waals surface area contributed by atoms with Crippen molar-refractivity contribution < 1.29 is 23.4 Å². The zero-order valence-corrected chi connectivity index (χ0v) is 10.9. The molecule has 0 aliphatic heterocycles. The van der Waals surface area contributed by atoms with Crippen LogP contribution in [0.3, 0.4) is 0 Å². The minimum absolute atomic E-state index is 0.154. The van der Waals surface area contributed by atoms with Gasteiger partial charge in [-0.25, -0.2) is 8.42 Å². The van der Waals surface area contributed by atoms with Crippen molar-refractivity contribution in [2.75, 3.05) is 0 Å². The lowest BCUT2D eigenvalue weighted by molar-refractivity contribution is -0.309. The summed E-state index contributed by atoms with van der Waals surface area (Å²) in [6, 6.07) is 3.43. The van der Waals surface area contributed by atoms with Gasteiger partial charge in [-0.15, -0.1) is 0 Å². The molecule has 0 heterocycles. The quantitative estimate of drug-likeness (QED) is 0.733. The SMILES string of the molecule is C[C@H](O)[C@H](NS(=O)(=O)c1ccc(Cl)cc1)C(=O)[O-]. The number of benzene rings is 1. The number of aliphatic hydroxyl groups is 1. The van der Waals surface area contributed by atoms with Crippen molar-refractivity contribution in [3.8, 4) is 0 Å². The normalized spacial score (nSPS) is 15.1. The van der Waals surface area contributed by atoms with Crippen molar-refractivity contribution >= 4 is 27.6 Å². The second-order valence-corrected chi connectivity index (χ2v) is 5.76. The van der Waals surface area contributed by atoms with Crippen molar-refractivity contribution in [2.45, 2.75) is 24.0 Å². The molecule has 1 aromatic carbocycles. The number of halogens is 1. The molecule has 0 radical (unpaired) electrons. The van der Waals surface area contributed by atoms with Gasteiger partial charge in [0.25, 0.3) is 0 Å². The minimum atomic E-state index is -4.06. The molecule has 0 aliphatic carbocycles. The van der Waals surface area contributed by atoms with Crippen molar-refractivity contribution in [1.29, 1.82) is 0 Å². The van der Waals surface area contributed by atoms with Crippen LogP contribution in [-0.2, 0) is 14.8 Å². The highest BCUT2D eigenvalue weighted by Crippen LogP contribution is 2.14. The highest BCUT2D eigenvalue weighted by atomic mass is 35.5. The summed E-state index contributed by atoms with van der Waals surface area (Å²) in [5, 5.41) is 20.2. The first-order chi connectivity index (χ1) is 8.24. The zero-order chi connectivity index (χ0) is 13.9. The standard InChI is InChI=1S/C10H12ClNO5S/c1-6(13)9(10(14)15)12-18(16,17)8-4-2-7(11)3-5-8/h2-6,9,12-13H,1H3,(H,14,15)/p-1/t6-,9-/m0/s1. The topological polar surface area (TPSA) is 107 Å². The van der Waals surface area contributed by atoms with Gasteiger partial charge in [-0.05, 0) is 31.2 Å². The van der Waals surface area contributed by atoms with Crippen LogP contribution in [0.15, 0.2) is 29.2 Å². The lowest BCUT2D eigenvalue weighted by Crippen LogP contribution is -2.53. The van der Waals surface area contributed by atoms with Crippen LogP contribution in [0.4, 0.5) is 0 Å². The molecule has 0 bridgehead atoms. The van der Waals surface area contributed by atoms with Crippen LogP contribution in [0.5, 0.6) is 0 Å². The van der Waals surface area contributed by atoms with Gasteiger partial charge in [-0.3, -0.25) is 0 Å². The Morgan fingerprint density at radius 2 is 1.89 bits per heavy atom. The molecule has 0 saturated carbocycles. The number of sulfonamides is 1. The molecule has 2 atom stereocenters. The minimum Gasteiger partial charge on any atom is -0.548 e. The molecule has 8 heteroatoms. The first-order valence-corrected chi connectivity index (χ1v) is 6.77. The highest BCUT2D eigenvalue weighted by molar-refractivity contribution is 7.89. The van der Waals surface area contributed by atoms with Gasteiger partial charge in [0.05, 0.1) is 23.0 Å². The second-order valence-electron chi connectivity index (χ2n) is 3.61. The van der Waals surface area contributed by atoms with Crippen LogP contribution >= 0.6 is 11.6 Å². The Morgan fingerprint density at radius 3 is 2.28 bits per heavy atom. The van der Waals surface area contributed by atoms with Gasteiger partial charge in [-0.1, -0.05) is 11.6 Å². The number of carbonyl (C=O) groups excluding carboxylic acids is 1. The van der Waals surface area contributed by atoms with Gasteiger partial charge in [-0.2, -0.15) is 4.72 Å². The van der Waals surface area contributed by atoms with Gasteiger partial charge in [0.2, 0.25) is 10.0 Å². The monoisotopic (exact) mass is 292 g/mol. The molecule has 0 amide bonds. The van der Waals surface area contributed by atoms with Crippen molar-refractivity contribution in [1.82, 2.24) is 4.72 Å². The summed E-state index contributed by atoms with van der Waals surface area (Å²) in [6.07, 6.45) is -1.42. The molecule has 0 spiro atoms. The van der Waals surface area contributed by atoms with Crippen LogP contribution in [0.1, 0.15) is 6.92 Å². The van der Waals surface area contributed by atoms with Gasteiger partial charge in [0.1, 0.15) is 0 Å². The average Bonchev–Trinajstić information content (AvgIpc) is 2.26. The summed E-state index contributed by atoms with van der Waals surface area (Å²) in [6.45, 7) is 1.14. The second kappa shape index (κ2) is 5.66. The van der Waals surface area contributed by atoms with E-state index in [4.69, 9.17) is 16.7 Å². The third-order valence-electron chi connectivity index (χ3n) is 2.14. The fraction of sp³-hybridized carbons (Fsp3) is 0.300.